The summed E-state index contributed by atoms with van der Waals surface area (Å²) in [7, 11) is 1.89. The third-order valence-electron chi connectivity index (χ3n) is 4.99. The largest absolute Gasteiger partial charge is 0.385 e. The van der Waals surface area contributed by atoms with Gasteiger partial charge in [-0.3, -0.25) is 15.0 Å². The first-order valence-electron chi connectivity index (χ1n) is 8.57. The van der Waals surface area contributed by atoms with Crippen LogP contribution in [0.4, 0.5) is 5.69 Å². The molecule has 1 aromatic carbocycles. The highest BCUT2D eigenvalue weighted by atomic mass is 16.6. The molecule has 1 aliphatic rings. The summed E-state index contributed by atoms with van der Waals surface area (Å²) in [5, 5.41) is 21.8. The molecule has 1 fully saturated rings. The van der Waals surface area contributed by atoms with Gasteiger partial charge in [-0.1, -0.05) is 12.1 Å². The lowest BCUT2D eigenvalue weighted by molar-refractivity contribution is -0.385. The Morgan fingerprint density at radius 1 is 1.48 bits per heavy atom. The van der Waals surface area contributed by atoms with E-state index in [1.54, 1.807) is 25.3 Å². The summed E-state index contributed by atoms with van der Waals surface area (Å²) in [6.45, 7) is 4.11. The van der Waals surface area contributed by atoms with Crippen molar-refractivity contribution in [2.45, 2.75) is 32.4 Å². The average Bonchev–Trinajstić information content (AvgIpc) is 3.02. The number of hydrogen-bond donors (Lipinski definition) is 1. The number of aryl methyl sites for hydroxylation is 2. The summed E-state index contributed by atoms with van der Waals surface area (Å²) in [6.07, 6.45) is 4.91. The van der Waals surface area contributed by atoms with Gasteiger partial charge in [0.1, 0.15) is 11.9 Å². The number of nitro groups is 1. The minimum atomic E-state index is -0.588. The second kappa shape index (κ2) is 7.33. The third-order valence-corrected chi connectivity index (χ3v) is 4.99. The van der Waals surface area contributed by atoms with Crippen LogP contribution in [0.15, 0.2) is 30.6 Å². The number of rotatable bonds is 5. The smallest absolute Gasteiger partial charge is 0.272 e. The van der Waals surface area contributed by atoms with Gasteiger partial charge in [-0.05, 0) is 31.9 Å². The molecule has 1 N–H and O–H groups in total. The van der Waals surface area contributed by atoms with Crippen molar-refractivity contribution in [3.63, 3.8) is 0 Å². The number of aliphatic hydroxyl groups excluding tert-OH is 1. The molecule has 0 aliphatic carbocycles. The van der Waals surface area contributed by atoms with Crippen LogP contribution in [0.3, 0.4) is 0 Å². The molecule has 0 radical (unpaired) electrons. The molecule has 0 spiro atoms. The first-order valence-corrected chi connectivity index (χ1v) is 8.57. The monoisotopic (exact) mass is 344 g/mol. The molecule has 0 amide bonds. The molecule has 2 unspecified atom stereocenters. The second-order valence-electron chi connectivity index (χ2n) is 6.86. The van der Waals surface area contributed by atoms with E-state index in [4.69, 9.17) is 0 Å². The zero-order valence-electron chi connectivity index (χ0n) is 14.6. The topological polar surface area (TPSA) is 84.4 Å². The van der Waals surface area contributed by atoms with Crippen LogP contribution >= 0.6 is 0 Å². The first-order chi connectivity index (χ1) is 12.0. The Morgan fingerprint density at radius 3 is 2.96 bits per heavy atom. The summed E-state index contributed by atoms with van der Waals surface area (Å²) in [6, 6.07) is 5.41. The highest BCUT2D eigenvalue weighted by Gasteiger charge is 2.29. The normalized spacial score (nSPS) is 19.7. The van der Waals surface area contributed by atoms with Crippen LogP contribution in [0, 0.1) is 23.0 Å². The quantitative estimate of drug-likeness (QED) is 0.666. The minimum Gasteiger partial charge on any atom is -0.385 e. The van der Waals surface area contributed by atoms with Crippen molar-refractivity contribution in [2.75, 3.05) is 13.1 Å². The number of aliphatic hydroxyl groups is 1. The van der Waals surface area contributed by atoms with Crippen LogP contribution in [0.2, 0.25) is 0 Å². The van der Waals surface area contributed by atoms with Gasteiger partial charge in [0.25, 0.3) is 5.69 Å². The predicted molar refractivity (Wildman–Crippen MR) is 94.0 cm³/mol. The molecule has 134 valence electrons. The van der Waals surface area contributed by atoms with Gasteiger partial charge in [0.15, 0.2) is 0 Å². The van der Waals surface area contributed by atoms with Crippen LogP contribution in [0.1, 0.15) is 35.9 Å². The number of benzene rings is 1. The van der Waals surface area contributed by atoms with Gasteiger partial charge in [-0.25, -0.2) is 4.98 Å². The van der Waals surface area contributed by atoms with E-state index in [1.165, 1.54) is 0 Å². The van der Waals surface area contributed by atoms with Crippen LogP contribution in [-0.4, -0.2) is 37.6 Å². The summed E-state index contributed by atoms with van der Waals surface area (Å²) in [5.41, 5.74) is 1.78. The molecule has 0 bridgehead atoms. The maximum absolute atomic E-state index is 11.1. The molecular formula is C18H24N4O3. The van der Waals surface area contributed by atoms with E-state index >= 15 is 0 Å². The van der Waals surface area contributed by atoms with Crippen LogP contribution in [-0.2, 0) is 13.6 Å². The van der Waals surface area contributed by atoms with Crippen molar-refractivity contribution >= 4 is 5.69 Å². The van der Waals surface area contributed by atoms with E-state index in [2.05, 4.69) is 9.88 Å². The fourth-order valence-corrected chi connectivity index (χ4v) is 3.57. The first kappa shape index (κ1) is 17.6. The number of nitro benzene ring substituents is 1. The number of hydrogen-bond acceptors (Lipinski definition) is 5. The van der Waals surface area contributed by atoms with Crippen LogP contribution < -0.4 is 0 Å². The molecule has 0 saturated carbocycles. The molecule has 2 atom stereocenters. The summed E-state index contributed by atoms with van der Waals surface area (Å²) in [4.78, 5) is 17.3. The molecule has 3 rings (SSSR count). The van der Waals surface area contributed by atoms with E-state index in [0.717, 1.165) is 31.5 Å². The van der Waals surface area contributed by atoms with Crippen molar-refractivity contribution in [3.8, 4) is 0 Å². The van der Waals surface area contributed by atoms with Crippen LogP contribution in [0.5, 0.6) is 0 Å². The zero-order chi connectivity index (χ0) is 18.0. The van der Waals surface area contributed by atoms with E-state index in [9.17, 15) is 15.2 Å². The van der Waals surface area contributed by atoms with Crippen LogP contribution in [0.25, 0.3) is 0 Å². The molecule has 1 aliphatic heterocycles. The molecule has 7 nitrogen and oxygen atoms in total. The highest BCUT2D eigenvalue weighted by Crippen LogP contribution is 2.30. The summed E-state index contributed by atoms with van der Waals surface area (Å²) < 4.78 is 1.85. The van der Waals surface area contributed by atoms with Crippen molar-refractivity contribution in [1.82, 2.24) is 14.5 Å². The number of piperidine rings is 1. The molecule has 2 aromatic rings. The third kappa shape index (κ3) is 3.88. The Morgan fingerprint density at radius 2 is 2.28 bits per heavy atom. The molecular weight excluding hydrogens is 320 g/mol. The highest BCUT2D eigenvalue weighted by molar-refractivity contribution is 5.42. The number of aromatic nitrogens is 2. The Labute approximate surface area is 147 Å². The average molecular weight is 344 g/mol. The Bertz CT molecular complexity index is 759. The standard InChI is InChI=1S/C18H24N4O3/c1-13-5-6-14(10-16(13)22(24)25)11-21-8-3-4-15(12-21)17(23)18-19-7-9-20(18)2/h5-7,9-10,15,17,23H,3-4,8,11-12H2,1-2H3. The molecule has 1 saturated heterocycles. The molecule has 7 heteroatoms. The SMILES string of the molecule is Cc1ccc(CN2CCCC(C(O)c3nccn3C)C2)cc1[N+](=O)[O-]. The van der Waals surface area contributed by atoms with E-state index in [-0.39, 0.29) is 16.5 Å². The maximum atomic E-state index is 11.1. The molecule has 1 aromatic heterocycles. The maximum Gasteiger partial charge on any atom is 0.272 e. The van der Waals surface area contributed by atoms with Gasteiger partial charge in [0.05, 0.1) is 4.92 Å². The lowest BCUT2D eigenvalue weighted by Crippen LogP contribution is -2.37. The predicted octanol–water partition coefficient (Wildman–Crippen LogP) is 2.58. The van der Waals surface area contributed by atoms with Gasteiger partial charge < -0.3 is 9.67 Å². The molecule has 25 heavy (non-hydrogen) atoms. The summed E-state index contributed by atoms with van der Waals surface area (Å²) >= 11 is 0. The Kier molecular flexibility index (Phi) is 5.15. The van der Waals surface area contributed by atoms with E-state index in [0.29, 0.717) is 17.9 Å². The Hall–Kier alpha value is -2.25. The number of imidazole rings is 1. The van der Waals surface area contributed by atoms with Crippen molar-refractivity contribution in [2.24, 2.45) is 13.0 Å². The lowest BCUT2D eigenvalue weighted by atomic mass is 9.91. The van der Waals surface area contributed by atoms with Gasteiger partial charge in [0, 0.05) is 50.1 Å². The zero-order valence-corrected chi connectivity index (χ0v) is 14.6. The Balaban J connectivity index is 1.69. The van der Waals surface area contributed by atoms with Crippen molar-refractivity contribution < 1.29 is 10.0 Å². The number of likely N-dealkylation sites (tertiary alicyclic amines) is 1. The van der Waals surface area contributed by atoms with Gasteiger partial charge >= 0.3 is 0 Å². The van der Waals surface area contributed by atoms with Gasteiger partial charge in [-0.15, -0.1) is 0 Å². The summed E-state index contributed by atoms with van der Waals surface area (Å²) in [5.74, 6) is 0.813. The van der Waals surface area contributed by atoms with Crippen molar-refractivity contribution in [3.05, 3.63) is 57.7 Å². The fraction of sp³-hybridized carbons (Fsp3) is 0.500. The molecule has 2 heterocycles. The second-order valence-corrected chi connectivity index (χ2v) is 6.86. The van der Waals surface area contributed by atoms with Gasteiger partial charge in [-0.2, -0.15) is 0 Å². The van der Waals surface area contributed by atoms with E-state index < -0.39 is 6.10 Å². The number of nitrogens with zero attached hydrogens (tertiary/aromatic N) is 4. The fourth-order valence-electron chi connectivity index (χ4n) is 3.57. The lowest BCUT2D eigenvalue weighted by Gasteiger charge is -2.34. The van der Waals surface area contributed by atoms with E-state index in [1.807, 2.05) is 23.9 Å². The van der Waals surface area contributed by atoms with Crippen molar-refractivity contribution in [1.29, 1.82) is 0 Å². The van der Waals surface area contributed by atoms with Gasteiger partial charge in [0.2, 0.25) is 0 Å². The minimum absolute atomic E-state index is 0.121.